The number of hydrogen-bond acceptors (Lipinski definition) is 3. The number of carbonyl (C=O) groups excluding carboxylic acids is 1. The molecule has 0 bridgehead atoms. The van der Waals surface area contributed by atoms with Crippen LogP contribution < -0.4 is 5.32 Å². The zero-order valence-corrected chi connectivity index (χ0v) is 18.2. The number of amides is 2. The molecule has 1 saturated heterocycles. The van der Waals surface area contributed by atoms with E-state index < -0.39 is 0 Å². The second-order valence-corrected chi connectivity index (χ2v) is 8.25. The normalized spacial score (nSPS) is 14.4. The molecule has 0 saturated carbocycles. The number of hydrogen-bond donors (Lipinski definition) is 1. The van der Waals surface area contributed by atoms with Crippen LogP contribution in [0.4, 0.5) is 4.79 Å². The quantitative estimate of drug-likeness (QED) is 0.627. The van der Waals surface area contributed by atoms with Gasteiger partial charge in [0.25, 0.3) is 0 Å². The Labute approximate surface area is 184 Å². The molecule has 0 unspecified atom stereocenters. The summed E-state index contributed by atoms with van der Waals surface area (Å²) in [6.45, 7) is 4.34. The summed E-state index contributed by atoms with van der Waals surface area (Å²) in [7, 11) is 1.81. The van der Waals surface area contributed by atoms with Crippen LogP contribution in [-0.4, -0.2) is 45.7 Å². The molecule has 0 aliphatic carbocycles. The summed E-state index contributed by atoms with van der Waals surface area (Å²) >= 11 is 0. The third-order valence-corrected chi connectivity index (χ3v) is 5.81. The van der Waals surface area contributed by atoms with Gasteiger partial charge in [0.15, 0.2) is 0 Å². The first-order valence-electron chi connectivity index (χ1n) is 11.1. The van der Waals surface area contributed by atoms with Crippen LogP contribution in [0.3, 0.4) is 0 Å². The van der Waals surface area contributed by atoms with Crippen molar-refractivity contribution in [2.45, 2.75) is 38.9 Å². The van der Waals surface area contributed by atoms with Crippen LogP contribution in [0.2, 0.25) is 0 Å². The Morgan fingerprint density at radius 3 is 2.48 bits per heavy atom. The first-order chi connectivity index (χ1) is 15.2. The molecule has 162 valence electrons. The third kappa shape index (κ3) is 5.73. The largest absolute Gasteiger partial charge is 0.334 e. The number of rotatable bonds is 7. The molecule has 1 aliphatic rings. The number of para-hydroxylation sites is 1. The van der Waals surface area contributed by atoms with Gasteiger partial charge in [-0.2, -0.15) is 5.10 Å². The summed E-state index contributed by atoms with van der Waals surface area (Å²) in [6.07, 6.45) is 7.68. The Morgan fingerprint density at radius 1 is 1.00 bits per heavy atom. The Hall–Kier alpha value is -3.12. The molecular formula is C25H31N5O. The summed E-state index contributed by atoms with van der Waals surface area (Å²) in [5.74, 6) is 0. The highest BCUT2D eigenvalue weighted by atomic mass is 16.2. The Morgan fingerprint density at radius 2 is 1.71 bits per heavy atom. The molecule has 2 aromatic carbocycles. The highest BCUT2D eigenvalue weighted by Gasteiger charge is 2.14. The SMILES string of the molecule is CN(Cc1cnn(-c2ccccc2)c1)C(=O)NCc1ccccc1CN1CCCCC1. The average molecular weight is 418 g/mol. The molecule has 1 N–H and O–H groups in total. The van der Waals surface area contributed by atoms with E-state index in [0.29, 0.717) is 13.1 Å². The molecule has 1 aliphatic heterocycles. The van der Waals surface area contributed by atoms with Crippen LogP contribution in [0.15, 0.2) is 67.0 Å². The summed E-state index contributed by atoms with van der Waals surface area (Å²) < 4.78 is 1.83. The summed E-state index contributed by atoms with van der Waals surface area (Å²) in [5.41, 5.74) is 4.49. The van der Waals surface area contributed by atoms with Crippen molar-refractivity contribution >= 4 is 6.03 Å². The maximum absolute atomic E-state index is 12.7. The fraction of sp³-hybridized carbons (Fsp3) is 0.360. The predicted molar refractivity (Wildman–Crippen MR) is 123 cm³/mol. The average Bonchev–Trinajstić information content (AvgIpc) is 3.28. The van der Waals surface area contributed by atoms with Gasteiger partial charge in [0.1, 0.15) is 0 Å². The fourth-order valence-electron chi connectivity index (χ4n) is 4.06. The number of aromatic nitrogens is 2. The summed E-state index contributed by atoms with van der Waals surface area (Å²) in [4.78, 5) is 16.9. The number of nitrogens with zero attached hydrogens (tertiary/aromatic N) is 4. The van der Waals surface area contributed by atoms with Crippen LogP contribution in [0.1, 0.15) is 36.0 Å². The summed E-state index contributed by atoms with van der Waals surface area (Å²) in [6, 6.07) is 18.3. The standard InChI is InChI=1S/C25H31N5O/c1-28(18-21-16-27-30(19-21)24-12-4-2-5-13-24)25(31)26-17-22-10-6-7-11-23(22)20-29-14-8-3-9-15-29/h2,4-7,10-13,16,19H,3,8-9,14-15,17-18,20H2,1H3,(H,26,31). The zero-order chi connectivity index (χ0) is 21.5. The number of piperidine rings is 1. The Bertz CT molecular complexity index is 978. The molecule has 0 atom stereocenters. The van der Waals surface area contributed by atoms with Crippen molar-refractivity contribution in [1.29, 1.82) is 0 Å². The van der Waals surface area contributed by atoms with Crippen LogP contribution in [-0.2, 0) is 19.6 Å². The first kappa shape index (κ1) is 21.1. The molecule has 6 heteroatoms. The molecule has 4 rings (SSSR count). The van der Waals surface area contributed by atoms with E-state index in [-0.39, 0.29) is 6.03 Å². The van der Waals surface area contributed by atoms with E-state index in [1.165, 1.54) is 43.5 Å². The van der Waals surface area contributed by atoms with Gasteiger partial charge in [-0.3, -0.25) is 4.90 Å². The molecular weight excluding hydrogens is 386 g/mol. The van der Waals surface area contributed by atoms with Crippen molar-refractivity contribution in [1.82, 2.24) is 24.9 Å². The lowest BCUT2D eigenvalue weighted by Crippen LogP contribution is -2.36. The number of carbonyl (C=O) groups is 1. The lowest BCUT2D eigenvalue weighted by Gasteiger charge is -2.27. The monoisotopic (exact) mass is 417 g/mol. The second-order valence-electron chi connectivity index (χ2n) is 8.25. The van der Waals surface area contributed by atoms with Crippen molar-refractivity contribution in [3.8, 4) is 5.69 Å². The highest BCUT2D eigenvalue weighted by molar-refractivity contribution is 5.73. The van der Waals surface area contributed by atoms with E-state index in [2.05, 4.69) is 33.5 Å². The van der Waals surface area contributed by atoms with Crippen molar-refractivity contribution in [3.05, 3.63) is 83.7 Å². The van der Waals surface area contributed by atoms with Gasteiger partial charge in [-0.25, -0.2) is 9.48 Å². The molecule has 6 nitrogen and oxygen atoms in total. The lowest BCUT2D eigenvalue weighted by atomic mass is 10.0. The fourth-order valence-corrected chi connectivity index (χ4v) is 4.06. The molecule has 31 heavy (non-hydrogen) atoms. The minimum Gasteiger partial charge on any atom is -0.334 e. The zero-order valence-electron chi connectivity index (χ0n) is 18.2. The molecule has 3 aromatic rings. The molecule has 1 fully saturated rings. The van der Waals surface area contributed by atoms with E-state index >= 15 is 0 Å². The van der Waals surface area contributed by atoms with Gasteiger partial charge in [0, 0.05) is 31.9 Å². The van der Waals surface area contributed by atoms with E-state index in [0.717, 1.165) is 17.8 Å². The van der Waals surface area contributed by atoms with Gasteiger partial charge in [0.2, 0.25) is 0 Å². The van der Waals surface area contributed by atoms with Gasteiger partial charge < -0.3 is 10.2 Å². The van der Waals surface area contributed by atoms with Crippen molar-refractivity contribution in [3.63, 3.8) is 0 Å². The summed E-state index contributed by atoms with van der Waals surface area (Å²) in [5, 5.41) is 7.49. The van der Waals surface area contributed by atoms with Crippen LogP contribution in [0.5, 0.6) is 0 Å². The Kier molecular flexibility index (Phi) is 6.99. The van der Waals surface area contributed by atoms with Crippen LogP contribution >= 0.6 is 0 Å². The van der Waals surface area contributed by atoms with E-state index in [4.69, 9.17) is 0 Å². The molecule has 1 aromatic heterocycles. The van der Waals surface area contributed by atoms with Crippen molar-refractivity contribution < 1.29 is 4.79 Å². The molecule has 0 spiro atoms. The maximum Gasteiger partial charge on any atom is 0.317 e. The second kappa shape index (κ2) is 10.3. The van der Waals surface area contributed by atoms with Crippen LogP contribution in [0.25, 0.3) is 5.69 Å². The molecule has 2 amide bonds. The van der Waals surface area contributed by atoms with Gasteiger partial charge >= 0.3 is 6.03 Å². The van der Waals surface area contributed by atoms with Gasteiger partial charge in [-0.05, 0) is 49.2 Å². The van der Waals surface area contributed by atoms with Gasteiger partial charge in [-0.15, -0.1) is 0 Å². The lowest BCUT2D eigenvalue weighted by molar-refractivity contribution is 0.206. The first-order valence-corrected chi connectivity index (χ1v) is 11.1. The number of nitrogens with one attached hydrogen (secondary N) is 1. The predicted octanol–water partition coefficient (Wildman–Crippen LogP) is 4.20. The number of likely N-dealkylation sites (tertiary alicyclic amines) is 1. The van der Waals surface area contributed by atoms with E-state index in [9.17, 15) is 4.79 Å². The van der Waals surface area contributed by atoms with Crippen LogP contribution in [0, 0.1) is 0 Å². The minimum absolute atomic E-state index is 0.0831. The minimum atomic E-state index is -0.0831. The van der Waals surface area contributed by atoms with Crippen molar-refractivity contribution in [2.24, 2.45) is 0 Å². The van der Waals surface area contributed by atoms with Crippen molar-refractivity contribution in [2.75, 3.05) is 20.1 Å². The van der Waals surface area contributed by atoms with E-state index in [1.54, 1.807) is 4.90 Å². The Balaban J connectivity index is 1.31. The smallest absolute Gasteiger partial charge is 0.317 e. The number of benzene rings is 2. The third-order valence-electron chi connectivity index (χ3n) is 5.81. The topological polar surface area (TPSA) is 53.4 Å². The maximum atomic E-state index is 12.7. The van der Waals surface area contributed by atoms with Gasteiger partial charge in [0.05, 0.1) is 18.4 Å². The van der Waals surface area contributed by atoms with E-state index in [1.807, 2.05) is 60.5 Å². The van der Waals surface area contributed by atoms with Gasteiger partial charge in [-0.1, -0.05) is 48.9 Å². The highest BCUT2D eigenvalue weighted by Crippen LogP contribution is 2.16. The molecule has 2 heterocycles. The number of urea groups is 1. The molecule has 0 radical (unpaired) electrons.